The van der Waals surface area contributed by atoms with Crippen LogP contribution in [0.25, 0.3) is 0 Å². The van der Waals surface area contributed by atoms with E-state index in [2.05, 4.69) is 0 Å². The average molecular weight is 258 g/mol. The van der Waals surface area contributed by atoms with Crippen LogP contribution in [0.3, 0.4) is 0 Å². The molecule has 0 aliphatic heterocycles. The molecule has 3 nitrogen and oxygen atoms in total. The zero-order chi connectivity index (χ0) is 3.58. The number of hydrogen-bond donors (Lipinski definition) is 2. The second kappa shape index (κ2) is 9.65. The molecule has 0 amide bonds. The van der Waals surface area contributed by atoms with Crippen molar-refractivity contribution in [2.75, 3.05) is 0 Å². The normalized spacial score (nSPS) is 4.00. The summed E-state index contributed by atoms with van der Waals surface area (Å²) in [4.78, 5) is 8.56. The first-order valence-electron chi connectivity index (χ1n) is 0.651. The van der Waals surface area contributed by atoms with Crippen molar-refractivity contribution in [3.8, 4) is 0 Å². The van der Waals surface area contributed by atoms with Crippen LogP contribution in [0.15, 0.2) is 0 Å². The maximum absolute atomic E-state index is 8.56. The minimum atomic E-state index is -1.83. The van der Waals surface area contributed by atoms with Crippen LogP contribution in [0.5, 0.6) is 0 Å². The predicted molar refractivity (Wildman–Crippen MR) is 19.2 cm³/mol. The fourth-order valence-corrected chi connectivity index (χ4v) is 0. The summed E-state index contributed by atoms with van der Waals surface area (Å²) in [6, 6.07) is 0. The number of carboxylic acid groups (broad SMARTS) is 2. The quantitative estimate of drug-likeness (QED) is 0.565. The van der Waals surface area contributed by atoms with Gasteiger partial charge in [0.05, 0.1) is 0 Å². The Labute approximate surface area is 85.7 Å². The molecule has 5 heteroatoms. The second-order valence-corrected chi connectivity index (χ2v) is 0.283. The van der Waals surface area contributed by atoms with Crippen LogP contribution in [0.2, 0.25) is 0 Å². The van der Waals surface area contributed by atoms with Gasteiger partial charge in [0.1, 0.15) is 0 Å². The van der Waals surface area contributed by atoms with Gasteiger partial charge in [-0.25, -0.2) is 4.79 Å². The molecule has 0 aromatic carbocycles. The van der Waals surface area contributed by atoms with Crippen LogP contribution in [0, 0.1) is 0 Å². The fourth-order valence-electron chi connectivity index (χ4n) is 0. The summed E-state index contributed by atoms with van der Waals surface area (Å²) in [5, 5.41) is 13.9. The van der Waals surface area contributed by atoms with Crippen molar-refractivity contribution in [2.45, 2.75) is 0 Å². The van der Waals surface area contributed by atoms with E-state index in [-0.39, 0.29) is 65.9 Å². The molecule has 0 aromatic heterocycles. The van der Waals surface area contributed by atoms with E-state index in [0.29, 0.717) is 0 Å². The Bertz CT molecular complexity index is 33.8. The molecule has 0 radical (unpaired) electrons. The van der Waals surface area contributed by atoms with E-state index in [1.54, 1.807) is 0 Å². The third-order valence-electron chi connectivity index (χ3n) is 0. The molecule has 0 bridgehead atoms. The Kier molecular flexibility index (Phi) is 25.2. The van der Waals surface area contributed by atoms with E-state index in [0.717, 1.165) is 0 Å². The Morgan fingerprint density at radius 2 is 1.33 bits per heavy atom. The third kappa shape index (κ3) is 52.8. The molecule has 0 heterocycles. The van der Waals surface area contributed by atoms with Gasteiger partial charge in [-0.1, -0.05) is 0 Å². The Morgan fingerprint density at radius 1 is 1.33 bits per heavy atom. The van der Waals surface area contributed by atoms with E-state index in [1.807, 2.05) is 0 Å². The van der Waals surface area contributed by atoms with Crippen molar-refractivity contribution in [3.05, 3.63) is 0 Å². The van der Waals surface area contributed by atoms with E-state index in [9.17, 15) is 0 Å². The summed E-state index contributed by atoms with van der Waals surface area (Å²) in [6.07, 6.45) is -1.83. The van der Waals surface area contributed by atoms with Gasteiger partial charge in [0.25, 0.3) is 0 Å². The average Bonchev–Trinajstić information content (AvgIpc) is 0.811. The van der Waals surface area contributed by atoms with Gasteiger partial charge in [-0.3, -0.25) is 0 Å². The summed E-state index contributed by atoms with van der Waals surface area (Å²) in [5.41, 5.74) is 0. The Morgan fingerprint density at radius 3 is 1.33 bits per heavy atom. The predicted octanol–water partition coefficient (Wildman–Crippen LogP) is -0.696. The SMILES string of the molecule is O=C(O)O.[Pd].[SrH2]. The molecule has 6 heavy (non-hydrogen) atoms. The van der Waals surface area contributed by atoms with Crippen LogP contribution >= 0.6 is 0 Å². The van der Waals surface area contributed by atoms with Gasteiger partial charge in [-0.05, 0) is 0 Å². The summed E-state index contributed by atoms with van der Waals surface area (Å²) in [5.74, 6) is 0. The molecule has 0 rings (SSSR count). The Hall–Kier alpha value is 1.41. The Balaban J connectivity index is -0.0000000450. The summed E-state index contributed by atoms with van der Waals surface area (Å²) >= 11 is 0. The molecule has 0 aliphatic carbocycles. The molecule has 0 spiro atoms. The van der Waals surface area contributed by atoms with Gasteiger partial charge in [0, 0.05) is 20.4 Å². The molecule has 0 fully saturated rings. The van der Waals surface area contributed by atoms with Crippen LogP contribution in [-0.4, -0.2) is 61.9 Å². The summed E-state index contributed by atoms with van der Waals surface area (Å²) in [6.45, 7) is 0. The molecule has 0 unspecified atom stereocenters. The van der Waals surface area contributed by atoms with Gasteiger partial charge in [0.15, 0.2) is 0 Å². The van der Waals surface area contributed by atoms with Gasteiger partial charge in [-0.2, -0.15) is 0 Å². The van der Waals surface area contributed by atoms with Crippen LogP contribution < -0.4 is 0 Å². The van der Waals surface area contributed by atoms with Crippen LogP contribution in [0.4, 0.5) is 4.79 Å². The van der Waals surface area contributed by atoms with Crippen molar-refractivity contribution in [1.29, 1.82) is 0 Å². The zero-order valence-electron chi connectivity index (χ0n) is 2.12. The van der Waals surface area contributed by atoms with E-state index >= 15 is 0 Å². The standard InChI is InChI=1S/CH2O3.Pd.Sr.2H/c2-1(3)4;;;;/h(H2,2,3,4);;;;. The molecule has 2 N–H and O–H groups in total. The van der Waals surface area contributed by atoms with E-state index in [1.165, 1.54) is 0 Å². The first-order chi connectivity index (χ1) is 1.73. The first-order valence-corrected chi connectivity index (χ1v) is 0.651. The van der Waals surface area contributed by atoms with Gasteiger partial charge >= 0.3 is 51.6 Å². The first kappa shape index (κ1) is 15.7. The van der Waals surface area contributed by atoms with Gasteiger partial charge < -0.3 is 10.2 Å². The molecule has 38 valence electrons. The molecule has 0 saturated carbocycles. The second-order valence-electron chi connectivity index (χ2n) is 0.283. The summed E-state index contributed by atoms with van der Waals surface area (Å²) in [7, 11) is 0. The number of carbonyl (C=O) groups is 1. The molecule has 0 atom stereocenters. The topological polar surface area (TPSA) is 57.5 Å². The molecular formula is CH4O3PdSr. The minimum absolute atomic E-state index is 0. The van der Waals surface area contributed by atoms with Crippen molar-refractivity contribution in [1.82, 2.24) is 0 Å². The molecule has 0 saturated heterocycles. The third-order valence-corrected chi connectivity index (χ3v) is 0. The van der Waals surface area contributed by atoms with Crippen LogP contribution in [0.1, 0.15) is 0 Å². The van der Waals surface area contributed by atoms with E-state index < -0.39 is 6.16 Å². The van der Waals surface area contributed by atoms with Crippen LogP contribution in [-0.2, 0) is 20.4 Å². The monoisotopic (exact) mass is 258 g/mol. The maximum atomic E-state index is 8.56. The van der Waals surface area contributed by atoms with Crippen molar-refractivity contribution < 1.29 is 35.4 Å². The van der Waals surface area contributed by atoms with Crippen molar-refractivity contribution in [3.63, 3.8) is 0 Å². The van der Waals surface area contributed by atoms with Gasteiger partial charge in [-0.15, -0.1) is 0 Å². The fraction of sp³-hybridized carbons (Fsp3) is 0. The molecule has 0 aromatic rings. The zero-order valence-corrected chi connectivity index (χ0v) is 3.67. The molecule has 0 aliphatic rings. The molecular weight excluding hydrogens is 254 g/mol. The number of rotatable bonds is 0. The van der Waals surface area contributed by atoms with Gasteiger partial charge in [0.2, 0.25) is 0 Å². The van der Waals surface area contributed by atoms with Crippen molar-refractivity contribution >= 4 is 51.6 Å². The number of hydrogen-bond acceptors (Lipinski definition) is 1. The van der Waals surface area contributed by atoms with Crippen molar-refractivity contribution in [2.24, 2.45) is 0 Å². The summed E-state index contributed by atoms with van der Waals surface area (Å²) < 4.78 is 0. The van der Waals surface area contributed by atoms with E-state index in [4.69, 9.17) is 15.0 Å².